The van der Waals surface area contributed by atoms with E-state index in [2.05, 4.69) is 36.5 Å². The molecule has 1 heterocycles. The van der Waals surface area contributed by atoms with Gasteiger partial charge in [-0.1, -0.05) is 78.9 Å². The Hall–Kier alpha value is -5.23. The molecule has 41 heavy (non-hydrogen) atoms. The number of rotatable bonds is 5. The molecule has 6 rings (SSSR count). The number of aryl methyl sites for hydroxylation is 3. The van der Waals surface area contributed by atoms with Crippen molar-refractivity contribution in [2.24, 2.45) is 0 Å². The summed E-state index contributed by atoms with van der Waals surface area (Å²) in [7, 11) is 0. The van der Waals surface area contributed by atoms with Crippen molar-refractivity contribution in [3.63, 3.8) is 0 Å². The third-order valence-corrected chi connectivity index (χ3v) is 7.57. The van der Waals surface area contributed by atoms with Crippen LogP contribution in [0.2, 0.25) is 0 Å². The molecule has 1 aliphatic rings. The summed E-state index contributed by atoms with van der Waals surface area (Å²) < 4.78 is 6.43. The minimum Gasteiger partial charge on any atom is -0.488 e. The van der Waals surface area contributed by atoms with Crippen molar-refractivity contribution in [1.29, 1.82) is 0 Å². The number of urea groups is 1. The summed E-state index contributed by atoms with van der Waals surface area (Å²) in [5.74, 6) is -0.902. The lowest BCUT2D eigenvalue weighted by Gasteiger charge is -2.28. The zero-order chi connectivity index (χ0) is 28.7. The fourth-order valence-corrected chi connectivity index (χ4v) is 5.32. The highest BCUT2D eigenvalue weighted by Gasteiger charge is 2.37. The second kappa shape index (κ2) is 10.4. The van der Waals surface area contributed by atoms with E-state index in [1.54, 1.807) is 6.07 Å². The number of carbonyl (C=O) groups is 3. The van der Waals surface area contributed by atoms with Gasteiger partial charge in [-0.2, -0.15) is 0 Å². The Bertz CT molecular complexity index is 1920. The molecule has 5 aromatic rings. The predicted octanol–water partition coefficient (Wildman–Crippen LogP) is 7.16. The summed E-state index contributed by atoms with van der Waals surface area (Å²) in [6.45, 7) is 6.06. The number of amides is 4. The van der Waals surface area contributed by atoms with Gasteiger partial charge in [-0.15, -0.1) is 0 Å². The van der Waals surface area contributed by atoms with E-state index >= 15 is 0 Å². The van der Waals surface area contributed by atoms with Crippen molar-refractivity contribution < 1.29 is 19.1 Å². The summed E-state index contributed by atoms with van der Waals surface area (Å²) >= 11 is 0. The number of hydrogen-bond donors (Lipinski definition) is 1. The van der Waals surface area contributed by atoms with Crippen molar-refractivity contribution in [1.82, 2.24) is 5.32 Å². The van der Waals surface area contributed by atoms with E-state index in [-0.39, 0.29) is 5.57 Å². The number of nitrogens with zero attached hydrogens (tertiary/aromatic N) is 1. The van der Waals surface area contributed by atoms with Gasteiger partial charge in [0.1, 0.15) is 17.9 Å². The van der Waals surface area contributed by atoms with Crippen LogP contribution in [0.1, 0.15) is 27.8 Å². The van der Waals surface area contributed by atoms with Crippen LogP contribution in [0.3, 0.4) is 0 Å². The fourth-order valence-electron chi connectivity index (χ4n) is 5.32. The first-order valence-electron chi connectivity index (χ1n) is 13.4. The zero-order valence-electron chi connectivity index (χ0n) is 23.0. The largest absolute Gasteiger partial charge is 0.488 e. The van der Waals surface area contributed by atoms with Crippen LogP contribution in [0, 0.1) is 20.8 Å². The molecule has 202 valence electrons. The molecule has 0 radical (unpaired) electrons. The second-order valence-electron chi connectivity index (χ2n) is 10.3. The lowest BCUT2D eigenvalue weighted by Crippen LogP contribution is -2.54. The maximum Gasteiger partial charge on any atom is 0.335 e. The normalized spacial score (nSPS) is 14.7. The van der Waals surface area contributed by atoms with E-state index in [0.717, 1.165) is 48.7 Å². The quantitative estimate of drug-likeness (QED) is 0.190. The topological polar surface area (TPSA) is 75.7 Å². The van der Waals surface area contributed by atoms with Crippen molar-refractivity contribution in [3.05, 3.63) is 124 Å². The zero-order valence-corrected chi connectivity index (χ0v) is 23.0. The maximum atomic E-state index is 13.8. The smallest absolute Gasteiger partial charge is 0.335 e. The van der Waals surface area contributed by atoms with Crippen molar-refractivity contribution >= 4 is 51.2 Å². The standard InChI is InChI=1S/C35H28N2O4/c1-21-12-13-23(3)31(18-21)37-34(39)29(33(38)36-35(37)40)19-28-26-10-6-4-9-25(26)16-17-32(28)41-20-30-22(2)14-15-24-8-5-7-11-27(24)30/h4-19H,20H2,1-3H3,(H,36,38,40)/b29-19+. The van der Waals surface area contributed by atoms with E-state index in [4.69, 9.17) is 4.74 Å². The van der Waals surface area contributed by atoms with Crippen LogP contribution in [-0.4, -0.2) is 17.8 Å². The molecule has 0 spiro atoms. The van der Waals surface area contributed by atoms with Gasteiger partial charge in [0.2, 0.25) is 0 Å². The third kappa shape index (κ3) is 4.74. The Morgan fingerprint density at radius 1 is 0.756 bits per heavy atom. The highest BCUT2D eigenvalue weighted by atomic mass is 16.5. The second-order valence-corrected chi connectivity index (χ2v) is 10.3. The Balaban J connectivity index is 1.45. The molecule has 5 aromatic carbocycles. The van der Waals surface area contributed by atoms with Crippen LogP contribution in [0.4, 0.5) is 10.5 Å². The summed E-state index contributed by atoms with van der Waals surface area (Å²) in [6.07, 6.45) is 1.54. The molecule has 1 fully saturated rings. The van der Waals surface area contributed by atoms with E-state index in [0.29, 0.717) is 23.6 Å². The Morgan fingerprint density at radius 2 is 1.41 bits per heavy atom. The SMILES string of the molecule is Cc1ccc(C)c(N2C(=O)NC(=O)/C(=C\c3c(OCc4c(C)ccc5ccccc45)ccc4ccccc34)C2=O)c1. The molecule has 0 atom stereocenters. The van der Waals surface area contributed by atoms with Gasteiger partial charge in [-0.3, -0.25) is 14.9 Å². The van der Waals surface area contributed by atoms with Gasteiger partial charge in [-0.25, -0.2) is 9.69 Å². The van der Waals surface area contributed by atoms with Gasteiger partial charge in [0, 0.05) is 11.1 Å². The number of carbonyl (C=O) groups excluding carboxylic acids is 3. The highest BCUT2D eigenvalue weighted by Crippen LogP contribution is 2.34. The van der Waals surface area contributed by atoms with Crippen LogP contribution in [-0.2, 0) is 16.2 Å². The van der Waals surface area contributed by atoms with Crippen molar-refractivity contribution in [2.75, 3.05) is 4.90 Å². The molecule has 6 heteroatoms. The van der Waals surface area contributed by atoms with Crippen LogP contribution >= 0.6 is 0 Å². The number of nitrogens with one attached hydrogen (secondary N) is 1. The highest BCUT2D eigenvalue weighted by molar-refractivity contribution is 6.39. The molecule has 0 unspecified atom stereocenters. The molecule has 6 nitrogen and oxygen atoms in total. The lowest BCUT2D eigenvalue weighted by atomic mass is 9.98. The molecule has 0 aliphatic carbocycles. The number of anilines is 1. The van der Waals surface area contributed by atoms with Gasteiger partial charge >= 0.3 is 6.03 Å². The van der Waals surface area contributed by atoms with E-state index in [1.807, 2.05) is 74.5 Å². The molecular weight excluding hydrogens is 512 g/mol. The average molecular weight is 541 g/mol. The molecule has 1 saturated heterocycles. The molecule has 0 bridgehead atoms. The van der Waals surface area contributed by atoms with Crippen molar-refractivity contribution in [2.45, 2.75) is 27.4 Å². The number of hydrogen-bond acceptors (Lipinski definition) is 4. The minimum absolute atomic E-state index is 0.145. The summed E-state index contributed by atoms with van der Waals surface area (Å²) in [5.41, 5.74) is 4.69. The number of benzene rings is 5. The fraction of sp³-hybridized carbons (Fsp3) is 0.114. The molecule has 1 aliphatic heterocycles. The predicted molar refractivity (Wildman–Crippen MR) is 162 cm³/mol. The Labute approximate surface area is 237 Å². The van der Waals surface area contributed by atoms with Crippen molar-refractivity contribution in [3.8, 4) is 5.75 Å². The third-order valence-electron chi connectivity index (χ3n) is 7.57. The van der Waals surface area contributed by atoms with Gasteiger partial charge < -0.3 is 4.74 Å². The van der Waals surface area contributed by atoms with Gasteiger partial charge in [-0.05, 0) is 77.2 Å². The summed E-state index contributed by atoms with van der Waals surface area (Å²) in [5, 5.41) is 6.33. The lowest BCUT2D eigenvalue weighted by molar-refractivity contribution is -0.122. The van der Waals surface area contributed by atoms with E-state index in [9.17, 15) is 14.4 Å². The van der Waals surface area contributed by atoms with Gasteiger partial charge in [0.15, 0.2) is 0 Å². The monoisotopic (exact) mass is 540 g/mol. The number of imide groups is 2. The molecule has 0 saturated carbocycles. The van der Waals surface area contributed by atoms with Gasteiger partial charge in [0.05, 0.1) is 5.69 Å². The van der Waals surface area contributed by atoms with Crippen LogP contribution < -0.4 is 15.0 Å². The number of barbiturate groups is 1. The maximum absolute atomic E-state index is 13.8. The number of ether oxygens (including phenoxy) is 1. The number of fused-ring (bicyclic) bond motifs is 2. The molecule has 0 aromatic heterocycles. The Morgan fingerprint density at radius 3 is 2.20 bits per heavy atom. The van der Waals surface area contributed by atoms with E-state index in [1.165, 1.54) is 6.08 Å². The minimum atomic E-state index is -0.772. The first-order chi connectivity index (χ1) is 19.8. The Kier molecular flexibility index (Phi) is 6.59. The molecule has 1 N–H and O–H groups in total. The summed E-state index contributed by atoms with van der Waals surface area (Å²) in [4.78, 5) is 40.7. The van der Waals surface area contributed by atoms with Crippen LogP contribution in [0.15, 0.2) is 96.6 Å². The average Bonchev–Trinajstić information content (AvgIpc) is 2.96. The first kappa shape index (κ1) is 26.0. The van der Waals surface area contributed by atoms with Crippen LogP contribution in [0.25, 0.3) is 27.6 Å². The molecule has 4 amide bonds. The van der Waals surface area contributed by atoms with Gasteiger partial charge in [0.25, 0.3) is 11.8 Å². The van der Waals surface area contributed by atoms with Crippen LogP contribution in [0.5, 0.6) is 5.75 Å². The molecular formula is C35H28N2O4. The first-order valence-corrected chi connectivity index (χ1v) is 13.4. The van der Waals surface area contributed by atoms with E-state index < -0.39 is 17.8 Å². The summed E-state index contributed by atoms with van der Waals surface area (Å²) in [6, 6.07) is 28.6.